The molecule has 0 spiro atoms. The van der Waals surface area contributed by atoms with Gasteiger partial charge in [-0.25, -0.2) is 4.98 Å². The summed E-state index contributed by atoms with van der Waals surface area (Å²) in [5, 5.41) is 6.71. The Balaban J connectivity index is 0.00000242. The van der Waals surface area contributed by atoms with E-state index in [9.17, 15) is 0 Å². The number of guanidine groups is 1. The van der Waals surface area contributed by atoms with E-state index in [1.165, 1.54) is 0 Å². The average Bonchev–Trinajstić information content (AvgIpc) is 2.91. The third-order valence-electron chi connectivity index (χ3n) is 3.69. The Labute approximate surface area is 154 Å². The van der Waals surface area contributed by atoms with Gasteiger partial charge in [-0.2, -0.15) is 0 Å². The Hall–Kier alpha value is -0.410. The van der Waals surface area contributed by atoms with Crippen molar-refractivity contribution in [2.24, 2.45) is 4.99 Å². The van der Waals surface area contributed by atoms with Gasteiger partial charge in [0.2, 0.25) is 0 Å². The molecule has 5 nitrogen and oxygen atoms in total. The first kappa shape index (κ1) is 19.6. The van der Waals surface area contributed by atoms with Gasteiger partial charge in [-0.1, -0.05) is 0 Å². The second-order valence-electron chi connectivity index (χ2n) is 5.22. The fraction of sp³-hybridized carbons (Fsp3) is 0.733. The molecule has 1 aliphatic rings. The van der Waals surface area contributed by atoms with Crippen LogP contribution in [0.2, 0.25) is 0 Å². The summed E-state index contributed by atoms with van der Waals surface area (Å²) in [5.74, 6) is 0.997. The number of halogens is 1. The zero-order chi connectivity index (χ0) is 15.1. The van der Waals surface area contributed by atoms with Crippen molar-refractivity contribution in [3.05, 3.63) is 16.1 Å². The predicted molar refractivity (Wildman–Crippen MR) is 104 cm³/mol. The van der Waals surface area contributed by atoms with Crippen LogP contribution in [0, 0.1) is 6.92 Å². The van der Waals surface area contributed by atoms with Gasteiger partial charge in [0, 0.05) is 45.1 Å². The van der Waals surface area contributed by atoms with Crippen LogP contribution in [0.4, 0.5) is 0 Å². The monoisotopic (exact) mass is 438 g/mol. The lowest BCUT2D eigenvalue weighted by Gasteiger charge is -2.34. The van der Waals surface area contributed by atoms with Crippen LogP contribution in [0.3, 0.4) is 0 Å². The Kier molecular flexibility index (Phi) is 9.27. The van der Waals surface area contributed by atoms with E-state index in [1.54, 1.807) is 11.3 Å². The summed E-state index contributed by atoms with van der Waals surface area (Å²) in [5.41, 5.74) is 1.16. The SMILES string of the molecule is CCOC1CCN(C(=NC)NCCc2csc(C)n2)CC1.I. The molecule has 0 atom stereocenters. The van der Waals surface area contributed by atoms with Gasteiger partial charge >= 0.3 is 0 Å². The lowest BCUT2D eigenvalue weighted by molar-refractivity contribution is 0.0264. The summed E-state index contributed by atoms with van der Waals surface area (Å²) < 4.78 is 5.69. The van der Waals surface area contributed by atoms with Crippen LogP contribution >= 0.6 is 35.3 Å². The van der Waals surface area contributed by atoms with Crippen LogP contribution in [0.15, 0.2) is 10.4 Å². The molecule has 0 unspecified atom stereocenters. The van der Waals surface area contributed by atoms with E-state index in [1.807, 2.05) is 14.0 Å². The molecule has 0 aromatic carbocycles. The molecular weight excluding hydrogens is 411 g/mol. The molecule has 1 aliphatic heterocycles. The van der Waals surface area contributed by atoms with E-state index >= 15 is 0 Å². The summed E-state index contributed by atoms with van der Waals surface area (Å²) in [6.45, 7) is 7.82. The molecule has 7 heteroatoms. The van der Waals surface area contributed by atoms with Gasteiger partial charge in [-0.05, 0) is 26.7 Å². The van der Waals surface area contributed by atoms with Crippen molar-refractivity contribution in [3.63, 3.8) is 0 Å². The molecule has 1 N–H and O–H groups in total. The average molecular weight is 438 g/mol. The number of ether oxygens (including phenoxy) is 1. The lowest BCUT2D eigenvalue weighted by atomic mass is 10.1. The number of thiazole rings is 1. The predicted octanol–water partition coefficient (Wildman–Crippen LogP) is 2.69. The Morgan fingerprint density at radius 1 is 1.50 bits per heavy atom. The molecule has 1 fully saturated rings. The number of nitrogens with zero attached hydrogens (tertiary/aromatic N) is 3. The van der Waals surface area contributed by atoms with Crippen molar-refractivity contribution < 1.29 is 4.74 Å². The van der Waals surface area contributed by atoms with Crippen LogP contribution in [0.25, 0.3) is 0 Å². The fourth-order valence-corrected chi connectivity index (χ4v) is 3.27. The summed E-state index contributed by atoms with van der Waals surface area (Å²) in [4.78, 5) is 11.2. The fourth-order valence-electron chi connectivity index (χ4n) is 2.63. The molecule has 1 saturated heterocycles. The van der Waals surface area contributed by atoms with Crippen molar-refractivity contribution in [2.75, 3.05) is 33.3 Å². The minimum Gasteiger partial charge on any atom is -0.378 e. The number of aromatic nitrogens is 1. The first-order valence-corrected chi connectivity index (χ1v) is 8.59. The van der Waals surface area contributed by atoms with E-state index in [4.69, 9.17) is 4.74 Å². The molecule has 22 heavy (non-hydrogen) atoms. The molecule has 0 bridgehead atoms. The highest BCUT2D eigenvalue weighted by Gasteiger charge is 2.21. The molecule has 126 valence electrons. The lowest BCUT2D eigenvalue weighted by Crippen LogP contribution is -2.47. The minimum atomic E-state index is 0. The molecular formula is C15H27IN4OS. The highest BCUT2D eigenvalue weighted by molar-refractivity contribution is 14.0. The largest absolute Gasteiger partial charge is 0.378 e. The number of nitrogens with one attached hydrogen (secondary N) is 1. The van der Waals surface area contributed by atoms with E-state index in [2.05, 4.69) is 32.5 Å². The van der Waals surface area contributed by atoms with Crippen molar-refractivity contribution in [1.82, 2.24) is 15.2 Å². The maximum atomic E-state index is 5.69. The van der Waals surface area contributed by atoms with Crippen LogP contribution in [-0.2, 0) is 11.2 Å². The van der Waals surface area contributed by atoms with Gasteiger partial charge in [-0.3, -0.25) is 4.99 Å². The highest BCUT2D eigenvalue weighted by Crippen LogP contribution is 2.13. The summed E-state index contributed by atoms with van der Waals surface area (Å²) >= 11 is 1.71. The van der Waals surface area contributed by atoms with Gasteiger partial charge in [0.15, 0.2) is 5.96 Å². The summed E-state index contributed by atoms with van der Waals surface area (Å²) in [6.07, 6.45) is 3.53. The van der Waals surface area contributed by atoms with E-state index < -0.39 is 0 Å². The Morgan fingerprint density at radius 3 is 2.77 bits per heavy atom. The third-order valence-corrected chi connectivity index (χ3v) is 4.51. The zero-order valence-corrected chi connectivity index (χ0v) is 16.8. The topological polar surface area (TPSA) is 49.8 Å². The first-order chi connectivity index (χ1) is 10.2. The van der Waals surface area contributed by atoms with Crippen LogP contribution in [0.1, 0.15) is 30.5 Å². The number of aryl methyl sites for hydroxylation is 1. The molecule has 2 heterocycles. The minimum absolute atomic E-state index is 0. The molecule has 1 aromatic heterocycles. The summed E-state index contributed by atoms with van der Waals surface area (Å²) in [7, 11) is 1.85. The molecule has 0 saturated carbocycles. The normalized spacial score (nSPS) is 16.5. The molecule has 0 radical (unpaired) electrons. The van der Waals surface area contributed by atoms with Crippen molar-refractivity contribution >= 4 is 41.3 Å². The van der Waals surface area contributed by atoms with Gasteiger partial charge in [0.05, 0.1) is 16.8 Å². The van der Waals surface area contributed by atoms with Crippen molar-refractivity contribution in [1.29, 1.82) is 0 Å². The maximum Gasteiger partial charge on any atom is 0.193 e. The smallest absolute Gasteiger partial charge is 0.193 e. The maximum absolute atomic E-state index is 5.69. The molecule has 1 aromatic rings. The third kappa shape index (κ3) is 6.00. The van der Waals surface area contributed by atoms with Gasteiger partial charge in [0.1, 0.15) is 0 Å². The second-order valence-corrected chi connectivity index (χ2v) is 6.29. The molecule has 0 aliphatic carbocycles. The summed E-state index contributed by atoms with van der Waals surface area (Å²) in [6, 6.07) is 0. The molecule has 0 amide bonds. The standard InChI is InChI=1S/C15H26N4OS.HI/c1-4-20-14-6-9-19(10-7-14)15(16-3)17-8-5-13-11-21-12(2)18-13;/h11,14H,4-10H2,1-3H3,(H,16,17);1H. The highest BCUT2D eigenvalue weighted by atomic mass is 127. The van der Waals surface area contributed by atoms with Crippen LogP contribution < -0.4 is 5.32 Å². The second kappa shape index (κ2) is 10.4. The number of piperidine rings is 1. The van der Waals surface area contributed by atoms with Gasteiger partial charge in [0.25, 0.3) is 0 Å². The van der Waals surface area contributed by atoms with Gasteiger partial charge in [-0.15, -0.1) is 35.3 Å². The number of rotatable bonds is 5. The van der Waals surface area contributed by atoms with Crippen LogP contribution in [0.5, 0.6) is 0 Å². The zero-order valence-electron chi connectivity index (χ0n) is 13.7. The number of hydrogen-bond acceptors (Lipinski definition) is 4. The number of aliphatic imine (C=N–C) groups is 1. The number of hydrogen-bond donors (Lipinski definition) is 1. The van der Waals surface area contributed by atoms with Crippen LogP contribution in [-0.4, -0.2) is 55.2 Å². The van der Waals surface area contributed by atoms with Crippen molar-refractivity contribution in [3.8, 4) is 0 Å². The first-order valence-electron chi connectivity index (χ1n) is 7.71. The Morgan fingerprint density at radius 2 is 2.23 bits per heavy atom. The molecule has 2 rings (SSSR count). The van der Waals surface area contributed by atoms with E-state index in [-0.39, 0.29) is 24.0 Å². The van der Waals surface area contributed by atoms with E-state index in [0.717, 1.165) is 62.2 Å². The van der Waals surface area contributed by atoms with E-state index in [0.29, 0.717) is 6.10 Å². The van der Waals surface area contributed by atoms with Gasteiger partial charge < -0.3 is 15.0 Å². The van der Waals surface area contributed by atoms with Crippen molar-refractivity contribution in [2.45, 2.75) is 39.2 Å². The number of likely N-dealkylation sites (tertiary alicyclic amines) is 1. The Bertz CT molecular complexity index is 458. The quantitative estimate of drug-likeness (QED) is 0.437.